The van der Waals surface area contributed by atoms with Gasteiger partial charge in [0.2, 0.25) is 0 Å². The van der Waals surface area contributed by atoms with E-state index in [4.69, 9.17) is 4.74 Å². The van der Waals surface area contributed by atoms with E-state index in [-0.39, 0.29) is 36.4 Å². The molecule has 0 spiro atoms. The minimum absolute atomic E-state index is 0.0266. The zero-order valence-corrected chi connectivity index (χ0v) is 14.7. The fourth-order valence-corrected chi connectivity index (χ4v) is 3.16. The van der Waals surface area contributed by atoms with Gasteiger partial charge in [0.05, 0.1) is 23.4 Å². The number of carbonyl (C=O) groups is 1. The molecule has 144 valence electrons. The quantitative estimate of drug-likeness (QED) is 0.747. The predicted octanol–water partition coefficient (Wildman–Crippen LogP) is 3.60. The molecule has 0 radical (unpaired) electrons. The summed E-state index contributed by atoms with van der Waals surface area (Å²) in [4.78, 5) is 12.2. The molecule has 1 aliphatic heterocycles. The second-order valence-corrected chi connectivity index (χ2v) is 6.40. The van der Waals surface area contributed by atoms with Crippen molar-refractivity contribution in [3.05, 3.63) is 77.1 Å². The molecule has 1 aromatic heterocycles. The van der Waals surface area contributed by atoms with Crippen molar-refractivity contribution < 1.29 is 22.7 Å². The Kier molecular flexibility index (Phi) is 4.54. The molecule has 0 unspecified atom stereocenters. The van der Waals surface area contributed by atoms with E-state index in [2.05, 4.69) is 10.4 Å². The zero-order valence-electron chi connectivity index (χ0n) is 14.7. The van der Waals surface area contributed by atoms with Gasteiger partial charge in [-0.05, 0) is 47.9 Å². The smallest absolute Gasteiger partial charge is 0.416 e. The Balaban J connectivity index is 1.71. The number of nitrogens with one attached hydrogen (secondary N) is 1. The largest absolute Gasteiger partial charge is 0.491 e. The summed E-state index contributed by atoms with van der Waals surface area (Å²) in [6.07, 6.45) is -1.09. The summed E-state index contributed by atoms with van der Waals surface area (Å²) in [7, 11) is 0. The number of hydrogen-bond donors (Lipinski definition) is 1. The number of hydrogen-bond acceptors (Lipinski definition) is 3. The summed E-state index contributed by atoms with van der Waals surface area (Å²) in [6, 6.07) is 11.1. The first-order valence-corrected chi connectivity index (χ1v) is 8.66. The molecule has 0 saturated heterocycles. The number of fused-ring (bicyclic) bond motifs is 1. The molecule has 28 heavy (non-hydrogen) atoms. The maximum absolute atomic E-state index is 13.6. The molecular formula is C20H16F3N3O2. The summed E-state index contributed by atoms with van der Waals surface area (Å²) >= 11 is 0. The number of carbonyl (C=O) groups excluding carboxylic acids is 1. The highest BCUT2D eigenvalue weighted by atomic mass is 19.4. The number of halogens is 3. The van der Waals surface area contributed by atoms with Crippen molar-refractivity contribution in [3.8, 4) is 11.4 Å². The van der Waals surface area contributed by atoms with Gasteiger partial charge in [-0.3, -0.25) is 4.79 Å². The Morgan fingerprint density at radius 2 is 1.96 bits per heavy atom. The van der Waals surface area contributed by atoms with E-state index in [0.29, 0.717) is 5.56 Å². The lowest BCUT2D eigenvalue weighted by molar-refractivity contribution is -0.138. The van der Waals surface area contributed by atoms with Gasteiger partial charge in [0, 0.05) is 12.4 Å². The van der Waals surface area contributed by atoms with Crippen LogP contribution in [-0.4, -0.2) is 28.8 Å². The number of benzene rings is 2. The first-order chi connectivity index (χ1) is 13.4. The minimum atomic E-state index is -4.55. The summed E-state index contributed by atoms with van der Waals surface area (Å²) in [6.45, 7) is 0.378. The second-order valence-electron chi connectivity index (χ2n) is 6.40. The third kappa shape index (κ3) is 3.58. The van der Waals surface area contributed by atoms with Gasteiger partial charge in [0.25, 0.3) is 5.91 Å². The van der Waals surface area contributed by atoms with Crippen LogP contribution < -0.4 is 10.1 Å². The molecule has 0 aliphatic carbocycles. The molecule has 1 amide bonds. The number of aromatic nitrogens is 2. The average Bonchev–Trinajstić information content (AvgIpc) is 3.13. The average molecular weight is 387 g/mol. The van der Waals surface area contributed by atoms with E-state index in [1.165, 1.54) is 6.07 Å². The van der Waals surface area contributed by atoms with Crippen LogP contribution in [-0.2, 0) is 12.6 Å². The van der Waals surface area contributed by atoms with Gasteiger partial charge >= 0.3 is 6.18 Å². The van der Waals surface area contributed by atoms with Crippen molar-refractivity contribution in [2.75, 3.05) is 13.2 Å². The van der Waals surface area contributed by atoms with Gasteiger partial charge in [-0.25, -0.2) is 4.68 Å². The van der Waals surface area contributed by atoms with Crippen LogP contribution in [0.2, 0.25) is 0 Å². The molecule has 0 atom stereocenters. The van der Waals surface area contributed by atoms with E-state index in [1.807, 2.05) is 0 Å². The van der Waals surface area contributed by atoms with Crippen LogP contribution in [0, 0.1) is 0 Å². The van der Waals surface area contributed by atoms with Crippen LogP contribution in [0.25, 0.3) is 5.69 Å². The first-order valence-electron chi connectivity index (χ1n) is 8.66. The molecule has 5 nitrogen and oxygen atoms in total. The van der Waals surface area contributed by atoms with Crippen LogP contribution in [0.4, 0.5) is 13.2 Å². The highest BCUT2D eigenvalue weighted by Gasteiger charge is 2.35. The Bertz CT molecular complexity index is 997. The summed E-state index contributed by atoms with van der Waals surface area (Å²) in [5.41, 5.74) is 0.848. The van der Waals surface area contributed by atoms with E-state index < -0.39 is 17.6 Å². The molecule has 0 bridgehead atoms. The molecule has 1 aliphatic rings. The maximum atomic E-state index is 13.6. The lowest BCUT2D eigenvalue weighted by Gasteiger charge is -2.16. The summed E-state index contributed by atoms with van der Waals surface area (Å²) in [5.74, 6) is -0.475. The van der Waals surface area contributed by atoms with Gasteiger partial charge in [0.1, 0.15) is 12.4 Å². The van der Waals surface area contributed by atoms with Crippen molar-refractivity contribution in [3.63, 3.8) is 0 Å². The van der Waals surface area contributed by atoms with Crippen molar-refractivity contribution in [2.45, 2.75) is 12.6 Å². The number of ether oxygens (including phenoxy) is 1. The van der Waals surface area contributed by atoms with Crippen molar-refractivity contribution in [1.29, 1.82) is 0 Å². The Hall–Kier alpha value is -3.29. The standard InChI is InChI=1S/C20H16F3N3O2/c21-20(22,23)17-12-18-16(19(27)24-7-9-28-18)11-14(17)10-13-2-4-15(5-3-13)26-8-1-6-25-26/h1-6,8,11-12H,7,9-10H2,(H,24,27). The second kappa shape index (κ2) is 7.03. The van der Waals surface area contributed by atoms with Crippen molar-refractivity contribution in [1.82, 2.24) is 15.1 Å². The Morgan fingerprint density at radius 1 is 1.18 bits per heavy atom. The Labute approximate surface area is 158 Å². The molecule has 8 heteroatoms. The molecule has 4 rings (SSSR count). The lowest BCUT2D eigenvalue weighted by Crippen LogP contribution is -2.24. The van der Waals surface area contributed by atoms with Gasteiger partial charge in [0.15, 0.2) is 0 Å². The van der Waals surface area contributed by atoms with Gasteiger partial charge in [-0.1, -0.05) is 12.1 Å². The van der Waals surface area contributed by atoms with E-state index in [1.54, 1.807) is 47.4 Å². The maximum Gasteiger partial charge on any atom is 0.416 e. The molecule has 2 heterocycles. The molecule has 1 N–H and O–H groups in total. The minimum Gasteiger partial charge on any atom is -0.491 e. The van der Waals surface area contributed by atoms with E-state index >= 15 is 0 Å². The molecule has 0 fully saturated rings. The number of amides is 1. The van der Waals surface area contributed by atoms with E-state index in [0.717, 1.165) is 11.8 Å². The highest BCUT2D eigenvalue weighted by molar-refractivity contribution is 5.97. The number of rotatable bonds is 3. The van der Waals surface area contributed by atoms with Crippen LogP contribution in [0.1, 0.15) is 27.0 Å². The fraction of sp³-hybridized carbons (Fsp3) is 0.200. The number of alkyl halides is 3. The molecular weight excluding hydrogens is 371 g/mol. The van der Waals surface area contributed by atoms with Crippen LogP contribution in [0.3, 0.4) is 0 Å². The Morgan fingerprint density at radius 3 is 2.64 bits per heavy atom. The monoisotopic (exact) mass is 387 g/mol. The van der Waals surface area contributed by atoms with Gasteiger partial charge in [-0.2, -0.15) is 18.3 Å². The van der Waals surface area contributed by atoms with E-state index in [9.17, 15) is 18.0 Å². The normalized spacial score (nSPS) is 14.0. The summed E-state index contributed by atoms with van der Waals surface area (Å²) in [5, 5.41) is 6.74. The third-order valence-electron chi connectivity index (χ3n) is 4.50. The molecule has 0 saturated carbocycles. The number of nitrogens with zero attached hydrogens (tertiary/aromatic N) is 2. The highest BCUT2D eigenvalue weighted by Crippen LogP contribution is 2.37. The van der Waals surface area contributed by atoms with Crippen molar-refractivity contribution in [2.24, 2.45) is 0 Å². The summed E-state index contributed by atoms with van der Waals surface area (Å²) < 4.78 is 47.8. The van der Waals surface area contributed by atoms with Gasteiger partial charge in [-0.15, -0.1) is 0 Å². The first kappa shape index (κ1) is 18.1. The molecule has 3 aromatic rings. The topological polar surface area (TPSA) is 56.1 Å². The lowest BCUT2D eigenvalue weighted by atomic mass is 9.96. The third-order valence-corrected chi connectivity index (χ3v) is 4.50. The van der Waals surface area contributed by atoms with Crippen LogP contribution in [0.5, 0.6) is 5.75 Å². The predicted molar refractivity (Wildman–Crippen MR) is 95.6 cm³/mol. The fourth-order valence-electron chi connectivity index (χ4n) is 3.16. The van der Waals surface area contributed by atoms with Crippen LogP contribution >= 0.6 is 0 Å². The van der Waals surface area contributed by atoms with Gasteiger partial charge < -0.3 is 10.1 Å². The van der Waals surface area contributed by atoms with Crippen LogP contribution in [0.15, 0.2) is 54.9 Å². The molecule has 2 aromatic carbocycles. The zero-order chi connectivity index (χ0) is 19.7. The SMILES string of the molecule is O=C1NCCOc2cc(C(F)(F)F)c(Cc3ccc(-n4cccn4)cc3)cc21. The van der Waals surface area contributed by atoms with Crippen molar-refractivity contribution >= 4 is 5.91 Å².